The zero-order valence-electron chi connectivity index (χ0n) is 12.2. The van der Waals surface area contributed by atoms with Crippen molar-refractivity contribution in [1.82, 2.24) is 9.38 Å². The van der Waals surface area contributed by atoms with Crippen LogP contribution >= 0.6 is 11.3 Å². The monoisotopic (exact) mass is 317 g/mol. The third kappa shape index (κ3) is 2.40. The highest BCUT2D eigenvalue weighted by Crippen LogP contribution is 2.38. The molecule has 0 saturated heterocycles. The lowest BCUT2D eigenvalue weighted by atomic mass is 9.88. The Hall–Kier alpha value is -2.20. The molecule has 1 aliphatic rings. The number of thiazole rings is 1. The van der Waals surface area contributed by atoms with Gasteiger partial charge in [-0.15, -0.1) is 11.3 Å². The molecule has 2 aromatic rings. The molecule has 0 bridgehead atoms. The lowest BCUT2D eigenvalue weighted by molar-refractivity contribution is -0.153. The minimum absolute atomic E-state index is 0.0784. The molecule has 1 aliphatic carbocycles. The predicted octanol–water partition coefficient (Wildman–Crippen LogP) is 2.19. The molecule has 2 aromatic heterocycles. The number of nitrogens with zero attached hydrogens (tertiary/aromatic N) is 3. The van der Waals surface area contributed by atoms with Gasteiger partial charge in [0.2, 0.25) is 0 Å². The maximum Gasteiger partial charge on any atom is 0.326 e. The number of carbonyl (C=O) groups excluding carboxylic acids is 1. The first-order valence-electron chi connectivity index (χ1n) is 7.11. The van der Waals surface area contributed by atoms with Crippen LogP contribution < -0.4 is 5.56 Å². The molecular formula is C15H15N3O3S. The van der Waals surface area contributed by atoms with E-state index in [0.717, 1.165) is 18.5 Å². The molecule has 114 valence electrons. The second kappa shape index (κ2) is 5.54. The van der Waals surface area contributed by atoms with Crippen molar-refractivity contribution in [3.63, 3.8) is 0 Å². The number of rotatable bonds is 3. The molecule has 0 amide bonds. The third-order valence-electron chi connectivity index (χ3n) is 4.04. The maximum atomic E-state index is 12.2. The maximum absolute atomic E-state index is 12.2. The molecular weight excluding hydrogens is 302 g/mol. The van der Waals surface area contributed by atoms with Crippen molar-refractivity contribution in [3.05, 3.63) is 33.2 Å². The predicted molar refractivity (Wildman–Crippen MR) is 80.4 cm³/mol. The first-order valence-corrected chi connectivity index (χ1v) is 7.99. The number of nitriles is 1. The smallest absolute Gasteiger partial charge is 0.326 e. The van der Waals surface area contributed by atoms with E-state index in [4.69, 9.17) is 4.74 Å². The Morgan fingerprint density at radius 2 is 2.27 bits per heavy atom. The molecule has 0 N–H and O–H groups in total. The van der Waals surface area contributed by atoms with Gasteiger partial charge in [0, 0.05) is 17.1 Å². The van der Waals surface area contributed by atoms with Gasteiger partial charge in [0.25, 0.3) is 5.56 Å². The molecule has 22 heavy (non-hydrogen) atoms. The Morgan fingerprint density at radius 1 is 1.55 bits per heavy atom. The number of hydrogen-bond donors (Lipinski definition) is 0. The summed E-state index contributed by atoms with van der Waals surface area (Å²) in [4.78, 5) is 29.1. The lowest BCUT2D eigenvalue weighted by Gasteiger charge is -2.17. The summed E-state index contributed by atoms with van der Waals surface area (Å²) >= 11 is 1.36. The van der Waals surface area contributed by atoms with Gasteiger partial charge in [0.1, 0.15) is 6.61 Å². The minimum atomic E-state index is -1.02. The Balaban J connectivity index is 1.78. The van der Waals surface area contributed by atoms with E-state index < -0.39 is 11.4 Å². The van der Waals surface area contributed by atoms with E-state index in [9.17, 15) is 14.9 Å². The van der Waals surface area contributed by atoms with Crippen LogP contribution in [0.1, 0.15) is 37.1 Å². The zero-order chi connectivity index (χ0) is 15.7. The Bertz CT molecular complexity index is 825. The van der Waals surface area contributed by atoms with Gasteiger partial charge in [-0.2, -0.15) is 5.26 Å². The summed E-state index contributed by atoms with van der Waals surface area (Å²) in [6.45, 7) is 1.76. The Morgan fingerprint density at radius 3 is 2.95 bits per heavy atom. The highest BCUT2D eigenvalue weighted by atomic mass is 32.1. The van der Waals surface area contributed by atoms with Crippen molar-refractivity contribution < 1.29 is 9.53 Å². The third-order valence-corrected chi connectivity index (χ3v) is 4.99. The average molecular weight is 317 g/mol. The fourth-order valence-electron chi connectivity index (χ4n) is 2.79. The summed E-state index contributed by atoms with van der Waals surface area (Å²) < 4.78 is 6.77. The van der Waals surface area contributed by atoms with Gasteiger partial charge < -0.3 is 4.74 Å². The zero-order valence-corrected chi connectivity index (χ0v) is 13.0. The van der Waals surface area contributed by atoms with Crippen molar-refractivity contribution in [2.24, 2.45) is 5.41 Å². The second-order valence-corrected chi connectivity index (χ2v) is 6.39. The number of carbonyl (C=O) groups is 1. The highest BCUT2D eigenvalue weighted by molar-refractivity contribution is 7.15. The van der Waals surface area contributed by atoms with E-state index in [-0.39, 0.29) is 12.2 Å². The Labute approximate surface area is 131 Å². The van der Waals surface area contributed by atoms with E-state index in [2.05, 4.69) is 11.1 Å². The standard InChI is InChI=1S/C15H15N3O3S/c1-10-8-22-14-17-11(6-12(19)18(10)14)7-21-13(20)15(9-16)4-2-3-5-15/h6,8H,2-5,7H2,1H3. The van der Waals surface area contributed by atoms with Crippen molar-refractivity contribution in [3.8, 4) is 6.07 Å². The fourth-order valence-corrected chi connectivity index (χ4v) is 3.68. The number of hydrogen-bond acceptors (Lipinski definition) is 6. The molecule has 7 heteroatoms. The molecule has 0 radical (unpaired) electrons. The average Bonchev–Trinajstić information content (AvgIpc) is 3.13. The number of aryl methyl sites for hydroxylation is 1. The van der Waals surface area contributed by atoms with Gasteiger partial charge in [-0.3, -0.25) is 14.0 Å². The quantitative estimate of drug-likeness (QED) is 0.810. The number of fused-ring (bicyclic) bond motifs is 1. The summed E-state index contributed by atoms with van der Waals surface area (Å²) in [5.41, 5.74) is 0.0333. The van der Waals surface area contributed by atoms with Crippen LogP contribution in [0.5, 0.6) is 0 Å². The van der Waals surface area contributed by atoms with Crippen LogP contribution in [0.15, 0.2) is 16.2 Å². The second-order valence-electron chi connectivity index (χ2n) is 5.56. The van der Waals surface area contributed by atoms with E-state index in [1.807, 2.05) is 12.3 Å². The summed E-state index contributed by atoms with van der Waals surface area (Å²) in [6, 6.07) is 3.47. The molecule has 2 heterocycles. The summed E-state index contributed by atoms with van der Waals surface area (Å²) in [7, 11) is 0. The normalized spacial score (nSPS) is 16.5. The number of esters is 1. The molecule has 1 fully saturated rings. The van der Waals surface area contributed by atoms with Crippen LogP contribution in [-0.2, 0) is 16.1 Å². The summed E-state index contributed by atoms with van der Waals surface area (Å²) in [5.74, 6) is -0.503. The van der Waals surface area contributed by atoms with Crippen LogP contribution in [0.4, 0.5) is 0 Å². The van der Waals surface area contributed by atoms with Gasteiger partial charge in [0.05, 0.1) is 11.8 Å². The van der Waals surface area contributed by atoms with Crippen LogP contribution in [0.2, 0.25) is 0 Å². The number of ether oxygens (including phenoxy) is 1. The van der Waals surface area contributed by atoms with E-state index in [1.54, 1.807) is 0 Å². The molecule has 1 saturated carbocycles. The lowest BCUT2D eigenvalue weighted by Crippen LogP contribution is -2.28. The fraction of sp³-hybridized carbons (Fsp3) is 0.467. The summed E-state index contributed by atoms with van der Waals surface area (Å²) in [6.07, 6.45) is 2.81. The van der Waals surface area contributed by atoms with E-state index >= 15 is 0 Å². The minimum Gasteiger partial charge on any atom is -0.458 e. The Kier molecular flexibility index (Phi) is 3.71. The molecule has 3 rings (SSSR count). The van der Waals surface area contributed by atoms with Crippen LogP contribution in [0.25, 0.3) is 4.96 Å². The van der Waals surface area contributed by atoms with Crippen molar-refractivity contribution in [2.75, 3.05) is 0 Å². The largest absolute Gasteiger partial charge is 0.458 e. The SMILES string of the molecule is Cc1csc2nc(COC(=O)C3(C#N)CCCC3)cc(=O)n12. The van der Waals surface area contributed by atoms with Gasteiger partial charge in [-0.05, 0) is 19.8 Å². The molecule has 0 aromatic carbocycles. The molecule has 0 atom stereocenters. The van der Waals surface area contributed by atoms with Crippen LogP contribution in [-0.4, -0.2) is 15.4 Å². The first-order chi connectivity index (χ1) is 10.6. The van der Waals surface area contributed by atoms with Crippen molar-refractivity contribution >= 4 is 22.3 Å². The summed E-state index contributed by atoms with van der Waals surface area (Å²) in [5, 5.41) is 11.1. The number of aromatic nitrogens is 2. The molecule has 0 unspecified atom stereocenters. The molecule has 0 aliphatic heterocycles. The van der Waals surface area contributed by atoms with Crippen molar-refractivity contribution in [1.29, 1.82) is 5.26 Å². The van der Waals surface area contributed by atoms with Gasteiger partial charge >= 0.3 is 5.97 Å². The van der Waals surface area contributed by atoms with Gasteiger partial charge in [0.15, 0.2) is 10.4 Å². The topological polar surface area (TPSA) is 84.5 Å². The van der Waals surface area contributed by atoms with E-state index in [0.29, 0.717) is 23.5 Å². The molecule has 6 nitrogen and oxygen atoms in total. The van der Waals surface area contributed by atoms with Gasteiger partial charge in [-0.25, -0.2) is 4.98 Å². The highest BCUT2D eigenvalue weighted by Gasteiger charge is 2.43. The van der Waals surface area contributed by atoms with Crippen LogP contribution in [0, 0.1) is 23.7 Å². The molecule has 0 spiro atoms. The van der Waals surface area contributed by atoms with Gasteiger partial charge in [-0.1, -0.05) is 12.8 Å². The first kappa shape index (κ1) is 14.7. The van der Waals surface area contributed by atoms with Crippen LogP contribution in [0.3, 0.4) is 0 Å². The van der Waals surface area contributed by atoms with E-state index in [1.165, 1.54) is 21.8 Å². The van der Waals surface area contributed by atoms with Crippen molar-refractivity contribution in [2.45, 2.75) is 39.2 Å².